The maximum atomic E-state index is 8.41. The zero-order chi connectivity index (χ0) is 7.82. The van der Waals surface area contributed by atoms with Crippen molar-refractivity contribution in [3.8, 4) is 6.07 Å². The molecule has 1 fully saturated rings. The maximum absolute atomic E-state index is 8.41. The Bertz CT molecular complexity index is 99.9. The summed E-state index contributed by atoms with van der Waals surface area (Å²) in [6, 6.07) is 2.26. The van der Waals surface area contributed by atoms with Crippen LogP contribution < -0.4 is 11.1 Å². The van der Waals surface area contributed by atoms with Gasteiger partial charge in [0.05, 0.1) is 6.07 Å². The van der Waals surface area contributed by atoms with Crippen molar-refractivity contribution < 1.29 is 0 Å². The quantitative estimate of drug-likeness (QED) is 0.502. The lowest BCUT2D eigenvalue weighted by atomic mass is 10.0. The summed E-state index contributed by atoms with van der Waals surface area (Å²) in [7, 11) is 1.50. The minimum absolute atomic E-state index is 0.330. The number of hydrogen-bond acceptors (Lipinski definition) is 3. The summed E-state index contributed by atoms with van der Waals surface area (Å²) in [6.45, 7) is 2.05. The first-order valence-corrected chi connectivity index (χ1v) is 3.61. The van der Waals surface area contributed by atoms with Crippen LogP contribution in [-0.2, 0) is 0 Å². The monoisotopic (exact) mass is 141 g/mol. The standard InChI is InChI=1S/C6H10N2.CH5N/c7-5-6-1-3-8-4-2-6;1-2/h6,8H,1-4H2;2H2,1H3. The van der Waals surface area contributed by atoms with E-state index < -0.39 is 0 Å². The first kappa shape index (κ1) is 9.41. The Balaban J connectivity index is 0.000000371. The summed E-state index contributed by atoms with van der Waals surface area (Å²) in [4.78, 5) is 0. The number of hydrogen-bond donors (Lipinski definition) is 2. The van der Waals surface area contributed by atoms with Crippen LogP contribution >= 0.6 is 0 Å². The minimum atomic E-state index is 0.330. The molecule has 3 nitrogen and oxygen atoms in total. The zero-order valence-corrected chi connectivity index (χ0v) is 6.43. The third-order valence-corrected chi connectivity index (χ3v) is 1.52. The van der Waals surface area contributed by atoms with Crippen molar-refractivity contribution in [3.63, 3.8) is 0 Å². The molecule has 0 aromatic rings. The van der Waals surface area contributed by atoms with Gasteiger partial charge in [-0.2, -0.15) is 5.26 Å². The molecule has 0 aliphatic carbocycles. The lowest BCUT2D eigenvalue weighted by molar-refractivity contribution is 0.444. The second-order valence-corrected chi connectivity index (χ2v) is 2.15. The van der Waals surface area contributed by atoms with Crippen LogP contribution in [0, 0.1) is 17.2 Å². The molecule has 0 aromatic carbocycles. The third kappa shape index (κ3) is 3.44. The largest absolute Gasteiger partial charge is 0.333 e. The minimum Gasteiger partial charge on any atom is -0.333 e. The molecule has 0 atom stereocenters. The fraction of sp³-hybridized carbons (Fsp3) is 0.857. The van der Waals surface area contributed by atoms with E-state index >= 15 is 0 Å². The molecule has 0 amide bonds. The van der Waals surface area contributed by atoms with Gasteiger partial charge in [-0.1, -0.05) is 0 Å². The number of nitrogens with zero attached hydrogens (tertiary/aromatic N) is 1. The van der Waals surface area contributed by atoms with Crippen LogP contribution in [-0.4, -0.2) is 20.1 Å². The van der Waals surface area contributed by atoms with Gasteiger partial charge in [0.2, 0.25) is 0 Å². The molecule has 0 radical (unpaired) electrons. The third-order valence-electron chi connectivity index (χ3n) is 1.52. The predicted octanol–water partition coefficient (Wildman–Crippen LogP) is 0.0845. The number of rotatable bonds is 0. The number of nitriles is 1. The maximum Gasteiger partial charge on any atom is 0.0656 e. The van der Waals surface area contributed by atoms with Gasteiger partial charge in [-0.05, 0) is 33.0 Å². The molecule has 0 unspecified atom stereocenters. The van der Waals surface area contributed by atoms with Gasteiger partial charge in [0.1, 0.15) is 0 Å². The van der Waals surface area contributed by atoms with E-state index in [1.807, 2.05) is 0 Å². The molecule has 3 heteroatoms. The van der Waals surface area contributed by atoms with Crippen molar-refractivity contribution in [3.05, 3.63) is 0 Å². The normalized spacial score (nSPS) is 18.5. The van der Waals surface area contributed by atoms with E-state index in [4.69, 9.17) is 5.26 Å². The molecule has 3 N–H and O–H groups in total. The van der Waals surface area contributed by atoms with Gasteiger partial charge in [-0.25, -0.2) is 0 Å². The lowest BCUT2D eigenvalue weighted by Crippen LogP contribution is -2.26. The Labute approximate surface area is 62.2 Å². The highest BCUT2D eigenvalue weighted by atomic mass is 14.9. The topological polar surface area (TPSA) is 61.8 Å². The van der Waals surface area contributed by atoms with Crippen LogP contribution in [0.5, 0.6) is 0 Å². The molecule has 1 aliphatic rings. The van der Waals surface area contributed by atoms with Gasteiger partial charge in [0.25, 0.3) is 0 Å². The number of piperidine rings is 1. The van der Waals surface area contributed by atoms with Crippen LogP contribution in [0.15, 0.2) is 0 Å². The number of nitrogens with two attached hydrogens (primary N) is 1. The fourth-order valence-electron chi connectivity index (χ4n) is 0.951. The first-order valence-electron chi connectivity index (χ1n) is 3.61. The highest BCUT2D eigenvalue weighted by Gasteiger charge is 2.09. The van der Waals surface area contributed by atoms with Gasteiger partial charge in [-0.3, -0.25) is 0 Å². The summed E-state index contributed by atoms with van der Waals surface area (Å²) in [6.07, 6.45) is 2.08. The van der Waals surface area contributed by atoms with Crippen molar-refractivity contribution in [1.82, 2.24) is 5.32 Å². The molecule has 0 saturated carbocycles. The van der Waals surface area contributed by atoms with Crippen LogP contribution in [0.1, 0.15) is 12.8 Å². The van der Waals surface area contributed by atoms with E-state index in [0.29, 0.717) is 5.92 Å². The summed E-state index contributed by atoms with van der Waals surface area (Å²) in [5, 5.41) is 11.6. The average molecular weight is 141 g/mol. The zero-order valence-electron chi connectivity index (χ0n) is 6.43. The molecule has 0 spiro atoms. The smallest absolute Gasteiger partial charge is 0.0656 e. The SMILES string of the molecule is CN.N#CC1CCNCC1. The van der Waals surface area contributed by atoms with E-state index in [1.165, 1.54) is 7.05 Å². The first-order chi connectivity index (χ1) is 4.93. The van der Waals surface area contributed by atoms with E-state index in [-0.39, 0.29) is 0 Å². The molecule has 0 bridgehead atoms. The Morgan fingerprint density at radius 3 is 2.20 bits per heavy atom. The second kappa shape index (κ2) is 6.53. The van der Waals surface area contributed by atoms with Crippen LogP contribution in [0.4, 0.5) is 0 Å². The number of nitrogens with one attached hydrogen (secondary N) is 1. The Morgan fingerprint density at radius 1 is 1.40 bits per heavy atom. The van der Waals surface area contributed by atoms with Gasteiger partial charge >= 0.3 is 0 Å². The molecule has 1 saturated heterocycles. The van der Waals surface area contributed by atoms with E-state index in [2.05, 4.69) is 17.1 Å². The van der Waals surface area contributed by atoms with Crippen LogP contribution in [0.2, 0.25) is 0 Å². The Kier molecular flexibility index (Phi) is 6.14. The molecule has 10 heavy (non-hydrogen) atoms. The molecule has 1 heterocycles. The van der Waals surface area contributed by atoms with Gasteiger partial charge in [-0.15, -0.1) is 0 Å². The summed E-state index contributed by atoms with van der Waals surface area (Å²) < 4.78 is 0. The van der Waals surface area contributed by atoms with Crippen molar-refractivity contribution in [2.75, 3.05) is 20.1 Å². The van der Waals surface area contributed by atoms with Crippen molar-refractivity contribution in [2.45, 2.75) is 12.8 Å². The second-order valence-electron chi connectivity index (χ2n) is 2.15. The molecule has 1 aliphatic heterocycles. The fourth-order valence-corrected chi connectivity index (χ4v) is 0.951. The van der Waals surface area contributed by atoms with Gasteiger partial charge < -0.3 is 11.1 Å². The van der Waals surface area contributed by atoms with Crippen molar-refractivity contribution in [2.24, 2.45) is 11.7 Å². The lowest BCUT2D eigenvalue weighted by Gasteiger charge is -2.15. The van der Waals surface area contributed by atoms with Gasteiger partial charge in [0, 0.05) is 5.92 Å². The summed E-state index contributed by atoms with van der Waals surface area (Å²) in [5.41, 5.74) is 4.50. The predicted molar refractivity (Wildman–Crippen MR) is 41.3 cm³/mol. The van der Waals surface area contributed by atoms with Crippen LogP contribution in [0.3, 0.4) is 0 Å². The highest BCUT2D eigenvalue weighted by molar-refractivity contribution is 4.85. The highest BCUT2D eigenvalue weighted by Crippen LogP contribution is 2.08. The van der Waals surface area contributed by atoms with Gasteiger partial charge in [0.15, 0.2) is 0 Å². The molecular formula is C7H15N3. The Hall–Kier alpha value is -0.590. The van der Waals surface area contributed by atoms with Crippen molar-refractivity contribution in [1.29, 1.82) is 5.26 Å². The molecule has 1 rings (SSSR count). The molecule has 58 valence electrons. The summed E-state index contributed by atoms with van der Waals surface area (Å²) in [5.74, 6) is 0.330. The van der Waals surface area contributed by atoms with Crippen LogP contribution in [0.25, 0.3) is 0 Å². The summed E-state index contributed by atoms with van der Waals surface area (Å²) >= 11 is 0. The van der Waals surface area contributed by atoms with Crippen molar-refractivity contribution >= 4 is 0 Å². The van der Waals surface area contributed by atoms with E-state index in [0.717, 1.165) is 25.9 Å². The Morgan fingerprint density at radius 2 is 1.90 bits per heavy atom. The van der Waals surface area contributed by atoms with E-state index in [9.17, 15) is 0 Å². The average Bonchev–Trinajstić information content (AvgIpc) is 2.10. The molecular weight excluding hydrogens is 126 g/mol. The molecule has 0 aromatic heterocycles. The van der Waals surface area contributed by atoms with E-state index in [1.54, 1.807) is 0 Å².